The van der Waals surface area contributed by atoms with E-state index in [-0.39, 0.29) is 30.2 Å². The summed E-state index contributed by atoms with van der Waals surface area (Å²) in [6.07, 6.45) is 5.76. The zero-order valence-electron chi connectivity index (χ0n) is 17.8. The molecule has 4 rings (SSSR count). The lowest BCUT2D eigenvalue weighted by atomic mass is 10.0. The van der Waals surface area contributed by atoms with Gasteiger partial charge in [-0.25, -0.2) is 14.4 Å². The van der Waals surface area contributed by atoms with Crippen LogP contribution in [-0.4, -0.2) is 38.2 Å². The Morgan fingerprint density at radius 1 is 1.12 bits per heavy atom. The van der Waals surface area contributed by atoms with Crippen LogP contribution in [0.15, 0.2) is 54.9 Å². The van der Waals surface area contributed by atoms with Crippen LogP contribution in [0.2, 0.25) is 0 Å². The van der Waals surface area contributed by atoms with Crippen LogP contribution in [0.5, 0.6) is 0 Å². The summed E-state index contributed by atoms with van der Waals surface area (Å²) in [7, 11) is 0. The number of carbonyl (C=O) groups is 2. The number of rotatable bonds is 5. The number of amides is 2. The standard InChI is InChI=1S/C24H24FN5O2/c1-16-19(23(31)28-14-17-8-10-18(25)11-9-17)15-27-22(29-16)21-7-3-5-13-30(21)24(32)20-6-2-4-12-26-20/h2,4,6,8-12,15,21H,3,5,7,13-14H2,1H3,(H,28,31)/t21-/m0/s1. The van der Waals surface area contributed by atoms with Crippen molar-refractivity contribution in [3.05, 3.63) is 89.0 Å². The molecule has 3 heterocycles. The summed E-state index contributed by atoms with van der Waals surface area (Å²) in [5.41, 5.74) is 2.10. The van der Waals surface area contributed by atoms with Gasteiger partial charge in [-0.15, -0.1) is 0 Å². The Labute approximate surface area is 185 Å². The van der Waals surface area contributed by atoms with Crippen LogP contribution < -0.4 is 5.32 Å². The zero-order chi connectivity index (χ0) is 22.5. The van der Waals surface area contributed by atoms with Gasteiger partial charge in [0, 0.05) is 25.5 Å². The van der Waals surface area contributed by atoms with E-state index in [9.17, 15) is 14.0 Å². The Bertz CT molecular complexity index is 1110. The second-order valence-electron chi connectivity index (χ2n) is 7.76. The van der Waals surface area contributed by atoms with Crippen molar-refractivity contribution in [1.29, 1.82) is 0 Å². The Balaban J connectivity index is 1.49. The predicted molar refractivity (Wildman–Crippen MR) is 116 cm³/mol. The Morgan fingerprint density at radius 2 is 1.94 bits per heavy atom. The van der Waals surface area contributed by atoms with E-state index in [2.05, 4.69) is 20.3 Å². The third kappa shape index (κ3) is 4.80. The molecule has 32 heavy (non-hydrogen) atoms. The highest BCUT2D eigenvalue weighted by Gasteiger charge is 2.31. The summed E-state index contributed by atoms with van der Waals surface area (Å²) in [6.45, 7) is 2.64. The average Bonchev–Trinajstić information content (AvgIpc) is 2.83. The minimum Gasteiger partial charge on any atom is -0.348 e. The summed E-state index contributed by atoms with van der Waals surface area (Å²) in [4.78, 5) is 40.6. The smallest absolute Gasteiger partial charge is 0.273 e. The van der Waals surface area contributed by atoms with E-state index in [1.165, 1.54) is 18.3 Å². The van der Waals surface area contributed by atoms with Crippen LogP contribution in [0, 0.1) is 12.7 Å². The van der Waals surface area contributed by atoms with Gasteiger partial charge in [-0.3, -0.25) is 14.6 Å². The summed E-state index contributed by atoms with van der Waals surface area (Å²) < 4.78 is 13.0. The first-order valence-corrected chi connectivity index (χ1v) is 10.6. The van der Waals surface area contributed by atoms with E-state index in [0.717, 1.165) is 24.8 Å². The van der Waals surface area contributed by atoms with Crippen molar-refractivity contribution in [2.45, 2.75) is 38.8 Å². The molecule has 1 fully saturated rings. The van der Waals surface area contributed by atoms with Crippen molar-refractivity contribution in [2.24, 2.45) is 0 Å². The maximum absolute atomic E-state index is 13.0. The molecule has 1 saturated heterocycles. The van der Waals surface area contributed by atoms with E-state index in [1.807, 2.05) is 0 Å². The molecule has 1 atom stereocenters. The SMILES string of the molecule is Cc1nc([C@@H]2CCCCN2C(=O)c2ccccn2)ncc1C(=O)NCc1ccc(F)cc1. The third-order valence-corrected chi connectivity index (χ3v) is 5.55. The van der Waals surface area contributed by atoms with Crippen LogP contribution in [0.1, 0.15) is 63.2 Å². The molecule has 1 aliphatic rings. The monoisotopic (exact) mass is 433 g/mol. The molecule has 0 bridgehead atoms. The van der Waals surface area contributed by atoms with Crippen molar-refractivity contribution in [2.75, 3.05) is 6.54 Å². The Kier molecular flexibility index (Phi) is 6.49. The highest BCUT2D eigenvalue weighted by molar-refractivity contribution is 5.95. The number of pyridine rings is 1. The fourth-order valence-corrected chi connectivity index (χ4v) is 3.83. The summed E-state index contributed by atoms with van der Waals surface area (Å²) in [5, 5.41) is 2.81. The predicted octanol–water partition coefficient (Wildman–Crippen LogP) is 3.62. The number of aromatic nitrogens is 3. The molecule has 164 valence electrons. The number of benzene rings is 1. The quantitative estimate of drug-likeness (QED) is 0.664. The maximum atomic E-state index is 13.0. The molecule has 2 amide bonds. The first-order chi connectivity index (χ1) is 15.5. The fraction of sp³-hybridized carbons (Fsp3) is 0.292. The lowest BCUT2D eigenvalue weighted by Gasteiger charge is -2.34. The van der Waals surface area contributed by atoms with Gasteiger partial charge in [-0.2, -0.15) is 0 Å². The molecule has 8 heteroatoms. The number of halogens is 1. The van der Waals surface area contributed by atoms with Crippen molar-refractivity contribution in [3.8, 4) is 0 Å². The minimum atomic E-state index is -0.321. The highest BCUT2D eigenvalue weighted by Crippen LogP contribution is 2.30. The number of piperidine rings is 1. The van der Waals surface area contributed by atoms with Gasteiger partial charge in [0.1, 0.15) is 11.5 Å². The molecule has 0 saturated carbocycles. The highest BCUT2D eigenvalue weighted by atomic mass is 19.1. The van der Waals surface area contributed by atoms with E-state index < -0.39 is 0 Å². The molecule has 7 nitrogen and oxygen atoms in total. The van der Waals surface area contributed by atoms with Gasteiger partial charge in [0.15, 0.2) is 5.82 Å². The molecule has 0 unspecified atom stereocenters. The molecule has 1 aromatic carbocycles. The Morgan fingerprint density at radius 3 is 2.66 bits per heavy atom. The third-order valence-electron chi connectivity index (χ3n) is 5.55. The molecule has 3 aromatic rings. The second kappa shape index (κ2) is 9.64. The maximum Gasteiger partial charge on any atom is 0.273 e. The lowest BCUT2D eigenvalue weighted by Crippen LogP contribution is -2.39. The molecular weight excluding hydrogens is 409 g/mol. The topological polar surface area (TPSA) is 88.1 Å². The number of aryl methyl sites for hydroxylation is 1. The van der Waals surface area contributed by atoms with Crippen LogP contribution in [0.4, 0.5) is 4.39 Å². The second-order valence-corrected chi connectivity index (χ2v) is 7.76. The molecule has 2 aromatic heterocycles. The van der Waals surface area contributed by atoms with Crippen LogP contribution in [-0.2, 0) is 6.54 Å². The van der Waals surface area contributed by atoms with Gasteiger partial charge >= 0.3 is 0 Å². The van der Waals surface area contributed by atoms with Crippen molar-refractivity contribution in [1.82, 2.24) is 25.2 Å². The van der Waals surface area contributed by atoms with E-state index in [4.69, 9.17) is 0 Å². The van der Waals surface area contributed by atoms with Crippen LogP contribution in [0.25, 0.3) is 0 Å². The van der Waals surface area contributed by atoms with Crippen molar-refractivity contribution >= 4 is 11.8 Å². The number of likely N-dealkylation sites (tertiary alicyclic amines) is 1. The number of carbonyl (C=O) groups excluding carboxylic acids is 2. The van der Waals surface area contributed by atoms with Crippen molar-refractivity contribution < 1.29 is 14.0 Å². The molecule has 0 aliphatic carbocycles. The summed E-state index contributed by atoms with van der Waals surface area (Å²) in [6, 6.07) is 11.0. The lowest BCUT2D eigenvalue weighted by molar-refractivity contribution is 0.0593. The Hall–Kier alpha value is -3.68. The van der Waals surface area contributed by atoms with E-state index in [1.54, 1.807) is 48.4 Å². The average molecular weight is 433 g/mol. The van der Waals surface area contributed by atoms with Crippen LogP contribution >= 0.6 is 0 Å². The van der Waals surface area contributed by atoms with Gasteiger partial charge < -0.3 is 10.2 Å². The zero-order valence-corrected chi connectivity index (χ0v) is 17.8. The summed E-state index contributed by atoms with van der Waals surface area (Å²) >= 11 is 0. The van der Waals surface area contributed by atoms with Gasteiger partial charge in [0.25, 0.3) is 11.8 Å². The number of nitrogens with zero attached hydrogens (tertiary/aromatic N) is 4. The largest absolute Gasteiger partial charge is 0.348 e. The number of hydrogen-bond acceptors (Lipinski definition) is 5. The fourth-order valence-electron chi connectivity index (χ4n) is 3.83. The molecule has 1 N–H and O–H groups in total. The first kappa shape index (κ1) is 21.5. The number of nitrogens with one attached hydrogen (secondary N) is 1. The molecule has 0 spiro atoms. The molecular formula is C24H24FN5O2. The van der Waals surface area contributed by atoms with Gasteiger partial charge in [0.2, 0.25) is 0 Å². The van der Waals surface area contributed by atoms with E-state index >= 15 is 0 Å². The normalized spacial score (nSPS) is 15.9. The van der Waals surface area contributed by atoms with Gasteiger partial charge in [0.05, 0.1) is 17.3 Å². The molecule has 1 aliphatic heterocycles. The first-order valence-electron chi connectivity index (χ1n) is 10.6. The number of hydrogen-bond donors (Lipinski definition) is 1. The summed E-state index contributed by atoms with van der Waals surface area (Å²) in [5.74, 6) is -0.235. The molecule has 0 radical (unpaired) electrons. The minimum absolute atomic E-state index is 0.141. The van der Waals surface area contributed by atoms with Gasteiger partial charge in [-0.1, -0.05) is 18.2 Å². The van der Waals surface area contributed by atoms with E-state index in [0.29, 0.717) is 29.3 Å². The van der Waals surface area contributed by atoms with Crippen LogP contribution in [0.3, 0.4) is 0 Å². The van der Waals surface area contributed by atoms with Gasteiger partial charge in [-0.05, 0) is 56.0 Å². The van der Waals surface area contributed by atoms with Crippen molar-refractivity contribution in [3.63, 3.8) is 0 Å².